The van der Waals surface area contributed by atoms with Crippen LogP contribution in [0.3, 0.4) is 0 Å². The van der Waals surface area contributed by atoms with E-state index in [4.69, 9.17) is 5.73 Å². The first kappa shape index (κ1) is 11.1. The number of nitrogens with two attached hydrogens (primary N) is 1. The molecule has 0 saturated heterocycles. The topological polar surface area (TPSA) is 118 Å². The Balaban J connectivity index is 2.44. The first-order valence-electron chi connectivity index (χ1n) is 4.99. The molecule has 0 aliphatic rings. The molecule has 0 aliphatic carbocycles. The van der Waals surface area contributed by atoms with E-state index in [0.717, 1.165) is 0 Å². The third-order valence-electron chi connectivity index (χ3n) is 2.36. The Hall–Kier alpha value is -2.38. The summed E-state index contributed by atoms with van der Waals surface area (Å²) in [5.74, 6) is 0.435. The number of fused-ring (bicyclic) bond motifs is 1. The van der Waals surface area contributed by atoms with Gasteiger partial charge in [-0.2, -0.15) is 5.10 Å². The fraction of sp³-hybridized carbons (Fsp3) is 0.333. The molecule has 0 fully saturated rings. The number of rotatable bonds is 3. The highest BCUT2D eigenvalue weighted by atomic mass is 16.2. The molecule has 0 saturated carbocycles. The molecular weight excluding hydrogens is 224 g/mol. The number of hydrogen-bond donors (Lipinski definition) is 3. The highest BCUT2D eigenvalue weighted by Crippen LogP contribution is 2.08. The number of amides is 1. The zero-order valence-electron chi connectivity index (χ0n) is 9.39. The lowest BCUT2D eigenvalue weighted by Crippen LogP contribution is -2.33. The molecule has 2 heterocycles. The van der Waals surface area contributed by atoms with E-state index in [1.165, 1.54) is 4.40 Å². The summed E-state index contributed by atoms with van der Waals surface area (Å²) in [5, 5.41) is 8.97. The zero-order valence-corrected chi connectivity index (χ0v) is 9.39. The summed E-state index contributed by atoms with van der Waals surface area (Å²) >= 11 is 0. The van der Waals surface area contributed by atoms with Gasteiger partial charge in [0.2, 0.25) is 5.91 Å². The minimum Gasteiger partial charge on any atom is -0.368 e. The van der Waals surface area contributed by atoms with E-state index in [9.17, 15) is 9.59 Å². The van der Waals surface area contributed by atoms with Crippen LogP contribution < -0.4 is 16.7 Å². The third-order valence-corrected chi connectivity index (χ3v) is 2.36. The maximum atomic E-state index is 11.4. The standard InChI is InChI=1S/C9H12N6O2/c1-4(8(10)16)11-6-3-7-13-14-9(17)15(7)5(2)12-6/h3-4,11H,1-2H3,(H2,10,16)(H,14,17). The number of aryl methyl sites for hydroxylation is 1. The Labute approximate surface area is 95.8 Å². The van der Waals surface area contributed by atoms with Crippen LogP contribution in [0.4, 0.5) is 5.82 Å². The molecular formula is C9H12N6O2. The number of carbonyl (C=O) groups is 1. The fourth-order valence-corrected chi connectivity index (χ4v) is 1.46. The van der Waals surface area contributed by atoms with Crippen molar-refractivity contribution >= 4 is 17.4 Å². The lowest BCUT2D eigenvalue weighted by atomic mass is 10.3. The monoisotopic (exact) mass is 236 g/mol. The van der Waals surface area contributed by atoms with Gasteiger partial charge in [-0.15, -0.1) is 0 Å². The van der Waals surface area contributed by atoms with Crippen LogP contribution in [-0.2, 0) is 4.79 Å². The SMILES string of the molecule is Cc1nc(NC(C)C(N)=O)cc2n[nH]c(=O)n12. The van der Waals surface area contributed by atoms with Crippen molar-refractivity contribution in [3.8, 4) is 0 Å². The summed E-state index contributed by atoms with van der Waals surface area (Å²) < 4.78 is 1.33. The van der Waals surface area contributed by atoms with Gasteiger partial charge in [0, 0.05) is 6.07 Å². The summed E-state index contributed by atoms with van der Waals surface area (Å²) in [5.41, 5.74) is 5.22. The van der Waals surface area contributed by atoms with Crippen LogP contribution in [0.1, 0.15) is 12.7 Å². The smallest absolute Gasteiger partial charge is 0.349 e. The van der Waals surface area contributed by atoms with Crippen molar-refractivity contribution in [1.29, 1.82) is 0 Å². The average molecular weight is 236 g/mol. The van der Waals surface area contributed by atoms with Crippen molar-refractivity contribution in [2.24, 2.45) is 5.73 Å². The number of aromatic nitrogens is 4. The summed E-state index contributed by atoms with van der Waals surface area (Å²) in [4.78, 5) is 26.4. The predicted molar refractivity (Wildman–Crippen MR) is 60.6 cm³/mol. The van der Waals surface area contributed by atoms with Gasteiger partial charge in [0.25, 0.3) is 0 Å². The summed E-state index contributed by atoms with van der Waals surface area (Å²) in [6.07, 6.45) is 0. The number of nitrogens with one attached hydrogen (secondary N) is 2. The van der Waals surface area contributed by atoms with Crippen LogP contribution in [0.2, 0.25) is 0 Å². The Morgan fingerprint density at radius 2 is 2.35 bits per heavy atom. The second kappa shape index (κ2) is 3.89. The number of H-pyrrole nitrogens is 1. The van der Waals surface area contributed by atoms with Gasteiger partial charge < -0.3 is 11.1 Å². The molecule has 8 heteroatoms. The second-order valence-electron chi connectivity index (χ2n) is 3.68. The number of aromatic amines is 1. The largest absolute Gasteiger partial charge is 0.368 e. The minimum absolute atomic E-state index is 0.348. The lowest BCUT2D eigenvalue weighted by Gasteiger charge is -2.11. The Morgan fingerprint density at radius 1 is 1.65 bits per heavy atom. The van der Waals surface area contributed by atoms with E-state index < -0.39 is 11.9 Å². The quantitative estimate of drug-likeness (QED) is 0.632. The molecule has 4 N–H and O–H groups in total. The number of primary amides is 1. The predicted octanol–water partition coefficient (Wildman–Crippen LogP) is -0.988. The maximum absolute atomic E-state index is 11.4. The van der Waals surface area contributed by atoms with Crippen molar-refractivity contribution < 1.29 is 4.79 Å². The van der Waals surface area contributed by atoms with Gasteiger partial charge in [-0.25, -0.2) is 19.3 Å². The molecule has 8 nitrogen and oxygen atoms in total. The van der Waals surface area contributed by atoms with Crippen molar-refractivity contribution in [3.05, 3.63) is 22.4 Å². The van der Waals surface area contributed by atoms with Crippen LogP contribution in [0, 0.1) is 6.92 Å². The first-order chi connectivity index (χ1) is 7.99. The van der Waals surface area contributed by atoms with Gasteiger partial charge >= 0.3 is 5.69 Å². The van der Waals surface area contributed by atoms with Crippen LogP contribution in [0.5, 0.6) is 0 Å². The van der Waals surface area contributed by atoms with Crippen molar-refractivity contribution in [3.63, 3.8) is 0 Å². The first-order valence-corrected chi connectivity index (χ1v) is 4.99. The van der Waals surface area contributed by atoms with Crippen LogP contribution in [-0.4, -0.2) is 31.5 Å². The molecule has 0 spiro atoms. The molecule has 90 valence electrons. The molecule has 17 heavy (non-hydrogen) atoms. The van der Waals surface area contributed by atoms with Crippen LogP contribution >= 0.6 is 0 Å². The van der Waals surface area contributed by atoms with Crippen LogP contribution in [0.15, 0.2) is 10.9 Å². The fourth-order valence-electron chi connectivity index (χ4n) is 1.46. The molecule has 0 bridgehead atoms. The molecule has 2 aromatic heterocycles. The van der Waals surface area contributed by atoms with E-state index in [1.54, 1.807) is 19.9 Å². The lowest BCUT2D eigenvalue weighted by molar-refractivity contribution is -0.118. The molecule has 0 aromatic carbocycles. The average Bonchev–Trinajstić information content (AvgIpc) is 2.60. The van der Waals surface area contributed by atoms with Crippen molar-refractivity contribution in [1.82, 2.24) is 19.6 Å². The zero-order chi connectivity index (χ0) is 12.6. The number of nitrogens with zero attached hydrogens (tertiary/aromatic N) is 3. The highest BCUT2D eigenvalue weighted by Gasteiger charge is 2.11. The summed E-state index contributed by atoms with van der Waals surface area (Å²) in [6.45, 7) is 3.30. The minimum atomic E-state index is -0.546. The summed E-state index contributed by atoms with van der Waals surface area (Å²) in [6, 6.07) is 1.01. The number of hydrogen-bond acceptors (Lipinski definition) is 5. The second-order valence-corrected chi connectivity index (χ2v) is 3.68. The summed E-state index contributed by atoms with van der Waals surface area (Å²) in [7, 11) is 0. The molecule has 0 radical (unpaired) electrons. The third kappa shape index (κ3) is 1.96. The van der Waals surface area contributed by atoms with Gasteiger partial charge in [-0.3, -0.25) is 4.79 Å². The van der Waals surface area contributed by atoms with Gasteiger partial charge in [0.1, 0.15) is 17.7 Å². The van der Waals surface area contributed by atoms with Crippen molar-refractivity contribution in [2.75, 3.05) is 5.32 Å². The van der Waals surface area contributed by atoms with E-state index in [0.29, 0.717) is 17.3 Å². The molecule has 1 amide bonds. The molecule has 0 aliphatic heterocycles. The normalized spacial score (nSPS) is 12.6. The molecule has 1 atom stereocenters. The maximum Gasteiger partial charge on any atom is 0.349 e. The van der Waals surface area contributed by atoms with Gasteiger partial charge in [-0.1, -0.05) is 0 Å². The number of anilines is 1. The van der Waals surface area contributed by atoms with E-state index in [2.05, 4.69) is 20.5 Å². The van der Waals surface area contributed by atoms with E-state index >= 15 is 0 Å². The van der Waals surface area contributed by atoms with E-state index in [-0.39, 0.29) is 5.69 Å². The van der Waals surface area contributed by atoms with Gasteiger partial charge in [-0.05, 0) is 13.8 Å². The van der Waals surface area contributed by atoms with Gasteiger partial charge in [0.05, 0.1) is 0 Å². The Kier molecular flexibility index (Phi) is 2.54. The molecule has 1 unspecified atom stereocenters. The Morgan fingerprint density at radius 3 is 3.00 bits per heavy atom. The van der Waals surface area contributed by atoms with E-state index in [1.807, 2.05) is 0 Å². The molecule has 2 aromatic rings. The Bertz CT molecular complexity index is 628. The highest BCUT2D eigenvalue weighted by molar-refractivity contribution is 5.82. The van der Waals surface area contributed by atoms with Gasteiger partial charge in [0.15, 0.2) is 5.65 Å². The molecule has 2 rings (SSSR count). The van der Waals surface area contributed by atoms with Crippen LogP contribution in [0.25, 0.3) is 5.65 Å². The number of carbonyl (C=O) groups excluding carboxylic acids is 1. The van der Waals surface area contributed by atoms with Crippen molar-refractivity contribution in [2.45, 2.75) is 19.9 Å².